The molecule has 0 unspecified atom stereocenters. The van der Waals surface area contributed by atoms with E-state index in [1.165, 1.54) is 0 Å². The molecule has 0 saturated carbocycles. The smallest absolute Gasteiger partial charge is 0.433 e. The van der Waals surface area contributed by atoms with Crippen molar-refractivity contribution >= 4 is 29.7 Å². The molecule has 0 aromatic rings. The fourth-order valence-corrected chi connectivity index (χ4v) is 1.81. The van der Waals surface area contributed by atoms with Gasteiger partial charge < -0.3 is 19.7 Å². The van der Waals surface area contributed by atoms with Crippen molar-refractivity contribution in [3.05, 3.63) is 0 Å². The summed E-state index contributed by atoms with van der Waals surface area (Å²) >= 11 is 3.28. The van der Waals surface area contributed by atoms with Crippen molar-refractivity contribution < 1.29 is 27.2 Å². The van der Waals surface area contributed by atoms with Crippen LogP contribution in [0.2, 0.25) is 0 Å². The van der Waals surface area contributed by atoms with Crippen molar-refractivity contribution in [2.24, 2.45) is 0 Å². The number of carbonyl (C=O) groups is 1. The molecule has 1 aliphatic rings. The van der Waals surface area contributed by atoms with Crippen LogP contribution < -0.4 is 0 Å². The Bertz CT molecular complexity index is 175. The predicted molar refractivity (Wildman–Crippen MR) is 72.9 cm³/mol. The van der Waals surface area contributed by atoms with Crippen LogP contribution in [0.1, 0.15) is 10.1 Å². The Morgan fingerprint density at radius 3 is 2.29 bits per heavy atom. The lowest BCUT2D eigenvalue weighted by molar-refractivity contribution is 0.0628. The van der Waals surface area contributed by atoms with Crippen LogP contribution in [0.3, 0.4) is 0 Å². The number of aliphatic hydroxyl groups is 2. The van der Waals surface area contributed by atoms with Crippen LogP contribution in [0.4, 0.5) is 4.79 Å². The average molecular weight is 289 g/mol. The summed E-state index contributed by atoms with van der Waals surface area (Å²) < 4.78 is 21.0. The topological polar surface area (TPSA) is 76.0 Å². The third-order valence-electron chi connectivity index (χ3n) is 1.37. The summed E-state index contributed by atoms with van der Waals surface area (Å²) in [6.45, 7) is 1.38. The largest absolute Gasteiger partial charge is 0.508 e. The van der Waals surface area contributed by atoms with Gasteiger partial charge in [-0.2, -0.15) is 23.5 Å². The van der Waals surface area contributed by atoms with E-state index in [2.05, 4.69) is 9.47 Å². The molecule has 5 nitrogen and oxygen atoms in total. The van der Waals surface area contributed by atoms with E-state index in [4.69, 9.17) is 13.0 Å². The standard InChI is InChI=1S/C5H8O3S.C4H10O2S.CH4/c6-5-7-1-3-9-4-2-8-5;5-1-3-7-4-2-6;/h1-4H2;5-6H,1-4H2;1H4/i;;1TD. The van der Waals surface area contributed by atoms with Crippen molar-refractivity contribution in [3.63, 3.8) is 0 Å². The number of rotatable bonds is 4. The van der Waals surface area contributed by atoms with Gasteiger partial charge in [0.15, 0.2) is 0 Å². The van der Waals surface area contributed by atoms with Crippen molar-refractivity contribution in [3.8, 4) is 0 Å². The molecule has 17 heavy (non-hydrogen) atoms. The maximum absolute atomic E-state index is 10.4. The molecule has 0 amide bonds. The molecule has 0 spiro atoms. The Morgan fingerprint density at radius 2 is 1.88 bits per heavy atom. The van der Waals surface area contributed by atoms with E-state index >= 15 is 0 Å². The van der Waals surface area contributed by atoms with Gasteiger partial charge in [0, 0.05) is 25.8 Å². The van der Waals surface area contributed by atoms with Gasteiger partial charge in [0.2, 0.25) is 0 Å². The third kappa shape index (κ3) is 15.9. The molecule has 1 heterocycles. The molecular formula is C10H22O5S2. The minimum absolute atomic E-state index is 0.213. The molecule has 104 valence electrons. The average Bonchev–Trinajstić information content (AvgIpc) is 2.36. The Morgan fingerprint density at radius 1 is 1.41 bits per heavy atom. The summed E-state index contributed by atoms with van der Waals surface area (Å²) in [5, 5.41) is 16.4. The molecule has 0 aromatic carbocycles. The van der Waals surface area contributed by atoms with Gasteiger partial charge in [-0.3, -0.25) is 0 Å². The van der Waals surface area contributed by atoms with Crippen molar-refractivity contribution in [1.29, 1.82) is 0 Å². The van der Waals surface area contributed by atoms with Crippen LogP contribution in [0.5, 0.6) is 0 Å². The predicted octanol–water partition coefficient (Wildman–Crippen LogP) is 1.23. The number of thioether (sulfide) groups is 2. The monoisotopic (exact) mass is 289 g/mol. The van der Waals surface area contributed by atoms with Crippen molar-refractivity contribution in [1.82, 2.24) is 0 Å². The maximum Gasteiger partial charge on any atom is 0.508 e. The molecular weight excluding hydrogens is 264 g/mol. The third-order valence-corrected chi connectivity index (χ3v) is 3.22. The van der Waals surface area contributed by atoms with E-state index in [1.54, 1.807) is 23.5 Å². The zero-order chi connectivity index (χ0) is 14.8. The first-order valence-corrected chi connectivity index (χ1v) is 7.29. The Hall–Kier alpha value is -0.110. The van der Waals surface area contributed by atoms with Crippen LogP contribution in [-0.2, 0) is 9.47 Å². The highest BCUT2D eigenvalue weighted by atomic mass is 32.2. The number of cyclic esters (lactones) is 2. The lowest BCUT2D eigenvalue weighted by Crippen LogP contribution is -2.15. The van der Waals surface area contributed by atoms with Gasteiger partial charge in [-0.05, 0) is 0 Å². The van der Waals surface area contributed by atoms with Crippen molar-refractivity contribution in [2.75, 3.05) is 49.4 Å². The van der Waals surface area contributed by atoms with Gasteiger partial charge in [0.25, 0.3) is 0 Å². The second kappa shape index (κ2) is 15.9. The Kier molecular flexibility index (Phi) is 14.0. The van der Waals surface area contributed by atoms with Gasteiger partial charge in [-0.1, -0.05) is 7.38 Å². The summed E-state index contributed by atoms with van der Waals surface area (Å²) in [7, 11) is -0.250. The number of ether oxygens (including phenoxy) is 2. The first-order valence-electron chi connectivity index (χ1n) is 6.39. The highest BCUT2D eigenvalue weighted by Gasteiger charge is 2.05. The molecule has 2 N–H and O–H groups in total. The summed E-state index contributed by atoms with van der Waals surface area (Å²) in [5.74, 6) is 3.24. The van der Waals surface area contributed by atoms with Gasteiger partial charge >= 0.3 is 6.16 Å². The molecule has 1 rings (SSSR count). The minimum Gasteiger partial charge on any atom is -0.433 e. The Labute approximate surface area is 114 Å². The van der Waals surface area contributed by atoms with Crippen LogP contribution >= 0.6 is 23.5 Å². The van der Waals surface area contributed by atoms with Crippen LogP contribution in [0, 0.1) is 0 Å². The summed E-state index contributed by atoms with van der Waals surface area (Å²) in [6.07, 6.45) is -0.532. The summed E-state index contributed by atoms with van der Waals surface area (Å²) in [4.78, 5) is 10.4. The molecule has 0 aliphatic carbocycles. The van der Waals surface area contributed by atoms with E-state index in [0.29, 0.717) is 13.2 Å². The molecule has 1 aliphatic heterocycles. The van der Waals surface area contributed by atoms with Crippen LogP contribution in [0.15, 0.2) is 0 Å². The van der Waals surface area contributed by atoms with Gasteiger partial charge in [0.05, 0.1) is 13.2 Å². The fourth-order valence-electron chi connectivity index (χ4n) is 0.743. The first-order chi connectivity index (χ1) is 9.22. The highest BCUT2D eigenvalue weighted by molar-refractivity contribution is 7.99. The van der Waals surface area contributed by atoms with E-state index in [9.17, 15) is 4.79 Å². The Balaban J connectivity index is 0. The van der Waals surface area contributed by atoms with E-state index in [1.807, 2.05) is 0 Å². The lowest BCUT2D eigenvalue weighted by Gasteiger charge is -2.08. The SMILES string of the molecule is O=C1OCCSCCO1.OCCSCCO.[2H]C[3H]. The quantitative estimate of drug-likeness (QED) is 0.595. The van der Waals surface area contributed by atoms with E-state index in [0.717, 1.165) is 23.0 Å². The fraction of sp³-hybridized carbons (Fsp3) is 0.900. The van der Waals surface area contributed by atoms with Gasteiger partial charge in [0.1, 0.15) is 13.2 Å². The van der Waals surface area contributed by atoms with E-state index < -0.39 is 6.16 Å². The molecule has 7 heteroatoms. The molecule has 0 aromatic heterocycles. The molecule has 1 fully saturated rings. The lowest BCUT2D eigenvalue weighted by atomic mass is 10.8. The summed E-state index contributed by atoms with van der Waals surface area (Å²) in [6, 6.07) is 0. The molecule has 0 bridgehead atoms. The maximum atomic E-state index is 10.4. The molecule has 1 saturated heterocycles. The second-order valence-corrected chi connectivity index (χ2v) is 5.07. The second-order valence-electron chi connectivity index (χ2n) is 2.62. The number of carbonyl (C=O) groups excluding carboxylic acids is 1. The summed E-state index contributed by atoms with van der Waals surface area (Å²) in [5.41, 5.74) is 0. The van der Waals surface area contributed by atoms with E-state index in [-0.39, 0.29) is 20.6 Å². The number of aliphatic hydroxyl groups excluding tert-OH is 2. The van der Waals surface area contributed by atoms with Crippen LogP contribution in [-0.4, -0.2) is 65.8 Å². The van der Waals surface area contributed by atoms with Crippen LogP contribution in [0.25, 0.3) is 0 Å². The number of hydrogen-bond acceptors (Lipinski definition) is 7. The number of hydrogen-bond donors (Lipinski definition) is 2. The van der Waals surface area contributed by atoms with Gasteiger partial charge in [-0.25, -0.2) is 4.79 Å². The van der Waals surface area contributed by atoms with Gasteiger partial charge in [-0.15, -0.1) is 0 Å². The molecule has 0 radical (unpaired) electrons. The zero-order valence-corrected chi connectivity index (χ0v) is 11.4. The molecule has 0 atom stereocenters. The normalized spacial score (nSPS) is 16.2. The first kappa shape index (κ1) is 14.9. The zero-order valence-electron chi connectivity index (χ0n) is 11.8. The highest BCUT2D eigenvalue weighted by Crippen LogP contribution is 2.03. The minimum atomic E-state index is -0.532. The van der Waals surface area contributed by atoms with Crippen molar-refractivity contribution in [2.45, 2.75) is 7.38 Å².